The average Bonchev–Trinajstić information content (AvgIpc) is 2.88. The molecule has 0 unspecified atom stereocenters. The summed E-state index contributed by atoms with van der Waals surface area (Å²) in [6.07, 6.45) is 0. The van der Waals surface area contributed by atoms with E-state index in [2.05, 4.69) is 29.1 Å². The second-order valence-electron chi connectivity index (χ2n) is 4.33. The lowest BCUT2D eigenvalue weighted by molar-refractivity contribution is 0.477. The van der Waals surface area contributed by atoms with Crippen molar-refractivity contribution in [3.63, 3.8) is 0 Å². The van der Waals surface area contributed by atoms with Gasteiger partial charge in [-0.15, -0.1) is 10.2 Å². The molecule has 0 radical (unpaired) electrons. The molecule has 2 heterocycles. The van der Waals surface area contributed by atoms with Gasteiger partial charge in [-0.1, -0.05) is 37.3 Å². The molecule has 0 aliphatic rings. The van der Waals surface area contributed by atoms with Gasteiger partial charge in [-0.3, -0.25) is 0 Å². The van der Waals surface area contributed by atoms with Crippen molar-refractivity contribution in [1.82, 2.24) is 19.8 Å². The van der Waals surface area contributed by atoms with E-state index in [0.717, 1.165) is 21.4 Å². The second kappa shape index (κ2) is 4.06. The van der Waals surface area contributed by atoms with Crippen molar-refractivity contribution in [2.75, 3.05) is 0 Å². The van der Waals surface area contributed by atoms with Crippen LogP contribution < -0.4 is 0 Å². The zero-order chi connectivity index (χ0) is 12.7. The van der Waals surface area contributed by atoms with E-state index in [1.165, 1.54) is 11.3 Å². The summed E-state index contributed by atoms with van der Waals surface area (Å²) in [5, 5.41) is 23.3. The normalized spacial score (nSPS) is 11.5. The molecule has 0 aliphatic carbocycles. The Labute approximate surface area is 108 Å². The predicted molar refractivity (Wildman–Crippen MR) is 69.8 cm³/mol. The highest BCUT2D eigenvalue weighted by Gasteiger charge is 2.16. The monoisotopic (exact) mass is 260 g/mol. The Bertz CT molecular complexity index is 701. The predicted octanol–water partition coefficient (Wildman–Crippen LogP) is 2.68. The Balaban J connectivity index is 2.17. The fourth-order valence-electron chi connectivity index (χ4n) is 1.76. The van der Waals surface area contributed by atoms with Gasteiger partial charge in [0.05, 0.1) is 5.56 Å². The van der Waals surface area contributed by atoms with Crippen molar-refractivity contribution in [2.24, 2.45) is 0 Å². The molecule has 1 aromatic carbocycles. The minimum absolute atomic E-state index is 0.230. The van der Waals surface area contributed by atoms with Gasteiger partial charge in [-0.2, -0.15) is 9.61 Å². The number of fused-ring (bicyclic) bond motifs is 1. The fourth-order valence-corrected chi connectivity index (χ4v) is 2.64. The van der Waals surface area contributed by atoms with Gasteiger partial charge in [0.1, 0.15) is 5.75 Å². The summed E-state index contributed by atoms with van der Waals surface area (Å²) in [6.45, 7) is 4.10. The van der Waals surface area contributed by atoms with Crippen LogP contribution in [0.1, 0.15) is 25.6 Å². The summed E-state index contributed by atoms with van der Waals surface area (Å²) >= 11 is 1.42. The Morgan fingerprint density at radius 1 is 1.22 bits per heavy atom. The maximum atomic E-state index is 9.83. The number of phenols is 1. The zero-order valence-corrected chi connectivity index (χ0v) is 10.8. The molecule has 6 heteroatoms. The zero-order valence-electron chi connectivity index (χ0n) is 10.0. The lowest BCUT2D eigenvalue weighted by Gasteiger charge is -1.99. The van der Waals surface area contributed by atoms with Crippen LogP contribution >= 0.6 is 11.3 Å². The molecule has 0 bridgehead atoms. The molecule has 92 valence electrons. The molecule has 0 spiro atoms. The Morgan fingerprint density at radius 3 is 2.72 bits per heavy atom. The highest BCUT2D eigenvalue weighted by Crippen LogP contribution is 2.32. The molecule has 18 heavy (non-hydrogen) atoms. The molecule has 0 saturated heterocycles. The molecular formula is C12H12N4OS. The lowest BCUT2D eigenvalue weighted by Crippen LogP contribution is -1.97. The average molecular weight is 260 g/mol. The summed E-state index contributed by atoms with van der Waals surface area (Å²) in [4.78, 5) is 0.747. The van der Waals surface area contributed by atoms with Crippen LogP contribution in [-0.2, 0) is 0 Å². The topological polar surface area (TPSA) is 63.3 Å². The first-order valence-electron chi connectivity index (χ1n) is 5.67. The Kier molecular flexibility index (Phi) is 2.52. The summed E-state index contributed by atoms with van der Waals surface area (Å²) in [5.74, 6) is 1.33. The van der Waals surface area contributed by atoms with E-state index in [1.54, 1.807) is 16.6 Å². The molecule has 2 aromatic heterocycles. The fraction of sp³-hybridized carbons (Fsp3) is 0.250. The van der Waals surface area contributed by atoms with E-state index in [9.17, 15) is 5.11 Å². The first-order valence-corrected chi connectivity index (χ1v) is 6.49. The molecule has 0 fully saturated rings. The van der Waals surface area contributed by atoms with Crippen LogP contribution in [0.2, 0.25) is 0 Å². The maximum Gasteiger partial charge on any atom is 0.234 e. The van der Waals surface area contributed by atoms with Gasteiger partial charge in [0, 0.05) is 5.92 Å². The van der Waals surface area contributed by atoms with Crippen molar-refractivity contribution in [1.29, 1.82) is 0 Å². The molecular weight excluding hydrogens is 248 g/mol. The SMILES string of the molecule is CC(C)c1nnc2sc(-c3ccccc3O)nn12. The first kappa shape index (κ1) is 11.2. The van der Waals surface area contributed by atoms with Crippen molar-refractivity contribution in [3.8, 4) is 16.3 Å². The van der Waals surface area contributed by atoms with Crippen LogP contribution in [0.4, 0.5) is 0 Å². The van der Waals surface area contributed by atoms with Gasteiger partial charge < -0.3 is 5.11 Å². The lowest BCUT2D eigenvalue weighted by atomic mass is 10.2. The van der Waals surface area contributed by atoms with Gasteiger partial charge in [-0.05, 0) is 12.1 Å². The summed E-state index contributed by atoms with van der Waals surface area (Å²) in [6, 6.07) is 7.16. The number of aromatic nitrogens is 4. The third-order valence-electron chi connectivity index (χ3n) is 2.67. The number of hydrogen-bond acceptors (Lipinski definition) is 5. The van der Waals surface area contributed by atoms with E-state index in [-0.39, 0.29) is 11.7 Å². The number of para-hydroxylation sites is 1. The van der Waals surface area contributed by atoms with Crippen LogP contribution in [0, 0.1) is 0 Å². The number of phenolic OH excluding ortho intramolecular Hbond substituents is 1. The summed E-state index contributed by atoms with van der Waals surface area (Å²) in [5.41, 5.74) is 0.725. The molecule has 3 aromatic rings. The van der Waals surface area contributed by atoms with Gasteiger partial charge in [0.2, 0.25) is 4.96 Å². The third kappa shape index (κ3) is 1.65. The van der Waals surface area contributed by atoms with E-state index in [0.29, 0.717) is 0 Å². The largest absolute Gasteiger partial charge is 0.507 e. The molecule has 0 aliphatic heterocycles. The van der Waals surface area contributed by atoms with Crippen LogP contribution in [0.15, 0.2) is 24.3 Å². The number of nitrogens with zero attached hydrogens (tertiary/aromatic N) is 4. The molecule has 0 amide bonds. The summed E-state index contributed by atoms with van der Waals surface area (Å²) in [7, 11) is 0. The van der Waals surface area contributed by atoms with Crippen molar-refractivity contribution in [3.05, 3.63) is 30.1 Å². The van der Waals surface area contributed by atoms with Crippen LogP contribution in [0.5, 0.6) is 5.75 Å². The van der Waals surface area contributed by atoms with Gasteiger partial charge >= 0.3 is 0 Å². The second-order valence-corrected chi connectivity index (χ2v) is 5.29. The minimum atomic E-state index is 0.230. The number of aromatic hydroxyl groups is 1. The summed E-state index contributed by atoms with van der Waals surface area (Å²) < 4.78 is 1.75. The molecule has 0 saturated carbocycles. The van der Waals surface area contributed by atoms with Crippen molar-refractivity contribution in [2.45, 2.75) is 19.8 Å². The molecule has 5 nitrogen and oxygen atoms in total. The number of rotatable bonds is 2. The Morgan fingerprint density at radius 2 is 2.00 bits per heavy atom. The van der Waals surface area contributed by atoms with Crippen LogP contribution in [0.25, 0.3) is 15.5 Å². The highest BCUT2D eigenvalue weighted by atomic mass is 32.1. The van der Waals surface area contributed by atoms with Crippen LogP contribution in [-0.4, -0.2) is 24.9 Å². The first-order chi connectivity index (χ1) is 8.66. The van der Waals surface area contributed by atoms with Gasteiger partial charge in [0.15, 0.2) is 10.8 Å². The maximum absolute atomic E-state index is 9.83. The van der Waals surface area contributed by atoms with E-state index in [1.807, 2.05) is 12.1 Å². The standard InChI is InChI=1S/C12H12N4OS/c1-7(2)10-13-14-12-16(10)15-11(18-12)8-5-3-4-6-9(8)17/h3-7,17H,1-2H3. The van der Waals surface area contributed by atoms with Gasteiger partial charge in [0.25, 0.3) is 0 Å². The molecule has 1 N–H and O–H groups in total. The van der Waals surface area contributed by atoms with E-state index in [4.69, 9.17) is 0 Å². The molecule has 0 atom stereocenters. The number of benzene rings is 1. The van der Waals surface area contributed by atoms with Crippen molar-refractivity contribution >= 4 is 16.3 Å². The van der Waals surface area contributed by atoms with Crippen LogP contribution in [0.3, 0.4) is 0 Å². The third-order valence-corrected chi connectivity index (χ3v) is 3.60. The van der Waals surface area contributed by atoms with E-state index < -0.39 is 0 Å². The van der Waals surface area contributed by atoms with Gasteiger partial charge in [-0.25, -0.2) is 0 Å². The van der Waals surface area contributed by atoms with Crippen molar-refractivity contribution < 1.29 is 5.11 Å². The quantitative estimate of drug-likeness (QED) is 0.769. The van der Waals surface area contributed by atoms with E-state index >= 15 is 0 Å². The minimum Gasteiger partial charge on any atom is -0.507 e. The smallest absolute Gasteiger partial charge is 0.234 e. The molecule has 3 rings (SSSR count). The Hall–Kier alpha value is -1.95. The number of hydrogen-bond donors (Lipinski definition) is 1. The highest BCUT2D eigenvalue weighted by molar-refractivity contribution is 7.19.